The first-order chi connectivity index (χ1) is 10.1. The summed E-state index contributed by atoms with van der Waals surface area (Å²) in [6.07, 6.45) is 4.68. The van der Waals surface area contributed by atoms with E-state index < -0.39 is 11.6 Å². The molecule has 2 aromatic rings. The molecule has 3 rings (SSSR count). The third kappa shape index (κ3) is 2.95. The lowest BCUT2D eigenvalue weighted by atomic mass is 10.1. The van der Waals surface area contributed by atoms with Crippen molar-refractivity contribution in [3.63, 3.8) is 0 Å². The molecule has 1 aliphatic rings. The maximum atomic E-state index is 14.0. The lowest BCUT2D eigenvalue weighted by molar-refractivity contribution is 0.221. The molecule has 0 radical (unpaired) electrons. The van der Waals surface area contributed by atoms with Gasteiger partial charge in [-0.05, 0) is 25.9 Å². The van der Waals surface area contributed by atoms with E-state index in [0.29, 0.717) is 13.1 Å². The Morgan fingerprint density at radius 3 is 2.62 bits per heavy atom. The zero-order valence-corrected chi connectivity index (χ0v) is 11.7. The summed E-state index contributed by atoms with van der Waals surface area (Å²) < 4.78 is 28.6. The Bertz CT molecular complexity index is 708. The number of hydrogen-bond donors (Lipinski definition) is 0. The molecule has 1 aromatic heterocycles. The van der Waals surface area contributed by atoms with Crippen molar-refractivity contribution in [1.29, 1.82) is 0 Å². The maximum absolute atomic E-state index is 14.0. The molecule has 4 nitrogen and oxygen atoms in total. The number of nitrogens with zero attached hydrogens (tertiary/aromatic N) is 3. The Labute approximate surface area is 121 Å². The largest absolute Gasteiger partial charge is 0.302 e. The van der Waals surface area contributed by atoms with Crippen LogP contribution in [-0.4, -0.2) is 34.1 Å². The van der Waals surface area contributed by atoms with Crippen LogP contribution >= 0.6 is 0 Å². The van der Waals surface area contributed by atoms with Crippen LogP contribution in [0.5, 0.6) is 0 Å². The maximum Gasteiger partial charge on any atom is 0.269 e. The van der Waals surface area contributed by atoms with Crippen molar-refractivity contribution < 1.29 is 8.78 Å². The average molecular weight is 293 g/mol. The second kappa shape index (κ2) is 5.89. The highest BCUT2D eigenvalue weighted by molar-refractivity contribution is 5.75. The van der Waals surface area contributed by atoms with Crippen LogP contribution in [0.4, 0.5) is 8.78 Å². The van der Waals surface area contributed by atoms with Crippen molar-refractivity contribution in [3.8, 4) is 0 Å². The summed E-state index contributed by atoms with van der Waals surface area (Å²) in [5, 5.41) is 0. The Morgan fingerprint density at radius 1 is 1.10 bits per heavy atom. The van der Waals surface area contributed by atoms with Crippen LogP contribution in [0.25, 0.3) is 11.0 Å². The molecule has 0 unspecified atom stereocenters. The Balaban J connectivity index is 1.93. The normalized spacial score (nSPS) is 16.5. The number of hydrogen-bond acceptors (Lipinski definition) is 3. The van der Waals surface area contributed by atoms with Crippen LogP contribution in [0.1, 0.15) is 19.3 Å². The van der Waals surface area contributed by atoms with Gasteiger partial charge in [0.05, 0.1) is 11.7 Å². The highest BCUT2D eigenvalue weighted by atomic mass is 19.1. The summed E-state index contributed by atoms with van der Waals surface area (Å²) in [4.78, 5) is 18.1. The summed E-state index contributed by atoms with van der Waals surface area (Å²) in [5.74, 6) is -1.43. The van der Waals surface area contributed by atoms with Gasteiger partial charge in [0.25, 0.3) is 5.56 Å². The number of fused-ring (bicyclic) bond motifs is 1. The van der Waals surface area contributed by atoms with Gasteiger partial charge >= 0.3 is 0 Å². The molecule has 0 bridgehead atoms. The Kier molecular flexibility index (Phi) is 3.96. The van der Waals surface area contributed by atoms with Crippen LogP contribution in [0.2, 0.25) is 0 Å². The number of benzene rings is 1. The van der Waals surface area contributed by atoms with E-state index in [1.54, 1.807) is 0 Å². The number of likely N-dealkylation sites (tertiary alicyclic amines) is 1. The van der Waals surface area contributed by atoms with Crippen LogP contribution in [-0.2, 0) is 6.54 Å². The molecule has 2 heterocycles. The highest BCUT2D eigenvalue weighted by Gasteiger charge is 2.14. The average Bonchev–Trinajstić information content (AvgIpc) is 2.47. The predicted octanol–water partition coefficient (Wildman–Crippen LogP) is 2.16. The lowest BCUT2D eigenvalue weighted by Crippen LogP contribution is -2.35. The fourth-order valence-corrected chi connectivity index (χ4v) is 2.87. The minimum atomic E-state index is -0.742. The molecule has 1 aromatic carbocycles. The molecule has 0 aliphatic carbocycles. The number of halogens is 2. The molecule has 6 heteroatoms. The van der Waals surface area contributed by atoms with E-state index >= 15 is 0 Å². The quantitative estimate of drug-likeness (QED) is 0.870. The van der Waals surface area contributed by atoms with Crippen LogP contribution < -0.4 is 5.56 Å². The van der Waals surface area contributed by atoms with E-state index in [-0.39, 0.29) is 16.6 Å². The predicted molar refractivity (Wildman–Crippen MR) is 76.2 cm³/mol. The fraction of sp³-hybridized carbons (Fsp3) is 0.467. The summed E-state index contributed by atoms with van der Waals surface area (Å²) in [7, 11) is 0. The van der Waals surface area contributed by atoms with Gasteiger partial charge in [0.1, 0.15) is 11.3 Å². The first-order valence-electron chi connectivity index (χ1n) is 7.22. The van der Waals surface area contributed by atoms with E-state index in [2.05, 4.69) is 9.88 Å². The summed E-state index contributed by atoms with van der Waals surface area (Å²) in [5.41, 5.74) is -0.100. The number of piperidine rings is 1. The summed E-state index contributed by atoms with van der Waals surface area (Å²) in [6.45, 7) is 3.10. The first kappa shape index (κ1) is 14.1. The molecule has 21 heavy (non-hydrogen) atoms. The Morgan fingerprint density at radius 2 is 1.86 bits per heavy atom. The minimum absolute atomic E-state index is 0.0842. The molecule has 0 amide bonds. The van der Waals surface area contributed by atoms with Gasteiger partial charge in [0.2, 0.25) is 0 Å². The molecular formula is C15H17F2N3O. The highest BCUT2D eigenvalue weighted by Crippen LogP contribution is 2.16. The lowest BCUT2D eigenvalue weighted by Gasteiger charge is -2.26. The fourth-order valence-electron chi connectivity index (χ4n) is 2.87. The van der Waals surface area contributed by atoms with Crippen molar-refractivity contribution >= 4 is 11.0 Å². The van der Waals surface area contributed by atoms with E-state index in [1.807, 2.05) is 0 Å². The third-order valence-electron chi connectivity index (χ3n) is 3.95. The molecule has 1 saturated heterocycles. The van der Waals surface area contributed by atoms with Gasteiger partial charge in [-0.3, -0.25) is 4.79 Å². The molecule has 0 atom stereocenters. The summed E-state index contributed by atoms with van der Waals surface area (Å²) >= 11 is 0. The SMILES string of the molecule is O=c1cnc2cc(F)cc(F)c2n1CCN1CCCCC1. The van der Waals surface area contributed by atoms with Gasteiger partial charge in [-0.1, -0.05) is 6.42 Å². The summed E-state index contributed by atoms with van der Waals surface area (Å²) in [6, 6.07) is 1.94. The second-order valence-corrected chi connectivity index (χ2v) is 5.41. The van der Waals surface area contributed by atoms with E-state index in [0.717, 1.165) is 44.3 Å². The molecule has 0 N–H and O–H groups in total. The zero-order chi connectivity index (χ0) is 14.8. The van der Waals surface area contributed by atoms with Crippen LogP contribution in [0.3, 0.4) is 0 Å². The number of aromatic nitrogens is 2. The zero-order valence-electron chi connectivity index (χ0n) is 11.7. The number of rotatable bonds is 3. The first-order valence-corrected chi connectivity index (χ1v) is 7.22. The van der Waals surface area contributed by atoms with Crippen LogP contribution in [0.15, 0.2) is 23.1 Å². The van der Waals surface area contributed by atoms with Gasteiger partial charge < -0.3 is 9.47 Å². The van der Waals surface area contributed by atoms with E-state index in [1.165, 1.54) is 11.0 Å². The van der Waals surface area contributed by atoms with Gasteiger partial charge in [-0.25, -0.2) is 13.8 Å². The van der Waals surface area contributed by atoms with Crippen LogP contribution in [0, 0.1) is 11.6 Å². The second-order valence-electron chi connectivity index (χ2n) is 5.41. The van der Waals surface area contributed by atoms with Gasteiger partial charge in [-0.2, -0.15) is 0 Å². The molecule has 1 fully saturated rings. The molecule has 112 valence electrons. The van der Waals surface area contributed by atoms with Crippen molar-refractivity contribution in [1.82, 2.24) is 14.5 Å². The van der Waals surface area contributed by atoms with E-state index in [9.17, 15) is 13.6 Å². The topological polar surface area (TPSA) is 38.1 Å². The van der Waals surface area contributed by atoms with Crippen molar-refractivity contribution in [2.45, 2.75) is 25.8 Å². The van der Waals surface area contributed by atoms with Gasteiger partial charge in [0, 0.05) is 25.2 Å². The monoisotopic (exact) mass is 293 g/mol. The molecular weight excluding hydrogens is 276 g/mol. The Hall–Kier alpha value is -1.82. The minimum Gasteiger partial charge on any atom is -0.302 e. The van der Waals surface area contributed by atoms with E-state index in [4.69, 9.17) is 0 Å². The van der Waals surface area contributed by atoms with Crippen molar-refractivity contribution in [2.75, 3.05) is 19.6 Å². The third-order valence-corrected chi connectivity index (χ3v) is 3.95. The standard InChI is InChI=1S/C15H17F2N3O/c16-11-8-12(17)15-13(9-11)18-10-14(21)20(15)7-6-19-4-2-1-3-5-19/h8-10H,1-7H2. The van der Waals surface area contributed by atoms with Gasteiger partial charge in [0.15, 0.2) is 5.82 Å². The molecule has 1 aliphatic heterocycles. The molecule has 0 spiro atoms. The van der Waals surface area contributed by atoms with Crippen molar-refractivity contribution in [2.24, 2.45) is 0 Å². The van der Waals surface area contributed by atoms with Gasteiger partial charge in [-0.15, -0.1) is 0 Å². The smallest absolute Gasteiger partial charge is 0.269 e. The van der Waals surface area contributed by atoms with Crippen molar-refractivity contribution in [3.05, 3.63) is 40.3 Å². The molecule has 0 saturated carbocycles.